The lowest BCUT2D eigenvalue weighted by Crippen LogP contribution is -2.24. The van der Waals surface area contributed by atoms with Gasteiger partial charge in [-0.3, -0.25) is 4.79 Å². The first-order valence-electron chi connectivity index (χ1n) is 6.03. The van der Waals surface area contributed by atoms with Crippen molar-refractivity contribution in [1.29, 1.82) is 0 Å². The van der Waals surface area contributed by atoms with Gasteiger partial charge in [0.05, 0.1) is 0 Å². The first-order chi connectivity index (χ1) is 8.08. The van der Waals surface area contributed by atoms with E-state index in [1.807, 2.05) is 6.07 Å². The standard InChI is InChI=1S/C13H21N3O/c1-10(2)15-6-3-4-12(17)8-11-5-7-16-13(14)9-11/h5,7,9-10,15H,3-4,6,8H2,1-2H3,(H2,14,16). The molecule has 3 N–H and O–H groups in total. The maximum atomic E-state index is 11.7. The van der Waals surface area contributed by atoms with Gasteiger partial charge < -0.3 is 11.1 Å². The lowest BCUT2D eigenvalue weighted by atomic mass is 10.1. The minimum atomic E-state index is 0.251. The van der Waals surface area contributed by atoms with Gasteiger partial charge in [-0.25, -0.2) is 4.98 Å². The zero-order chi connectivity index (χ0) is 12.7. The highest BCUT2D eigenvalue weighted by atomic mass is 16.1. The van der Waals surface area contributed by atoms with E-state index >= 15 is 0 Å². The lowest BCUT2D eigenvalue weighted by molar-refractivity contribution is -0.118. The molecule has 4 heteroatoms. The molecule has 0 saturated heterocycles. The van der Waals surface area contributed by atoms with Gasteiger partial charge in [-0.1, -0.05) is 13.8 Å². The largest absolute Gasteiger partial charge is 0.384 e. The molecule has 1 aromatic heterocycles. The number of nitrogens with two attached hydrogens (primary N) is 1. The lowest BCUT2D eigenvalue weighted by Gasteiger charge is -2.07. The van der Waals surface area contributed by atoms with Gasteiger partial charge in [-0.2, -0.15) is 0 Å². The number of carbonyl (C=O) groups is 1. The molecule has 94 valence electrons. The third-order valence-electron chi connectivity index (χ3n) is 2.43. The molecule has 0 atom stereocenters. The van der Waals surface area contributed by atoms with E-state index in [0.29, 0.717) is 24.7 Å². The molecule has 0 bridgehead atoms. The molecule has 1 aromatic rings. The molecule has 0 aliphatic carbocycles. The molecule has 0 saturated carbocycles. The number of nitrogens with zero attached hydrogens (tertiary/aromatic N) is 1. The Hall–Kier alpha value is -1.42. The minimum Gasteiger partial charge on any atom is -0.384 e. The highest BCUT2D eigenvalue weighted by molar-refractivity contribution is 5.80. The number of nitrogen functional groups attached to an aromatic ring is 1. The predicted molar refractivity (Wildman–Crippen MR) is 69.7 cm³/mol. The summed E-state index contributed by atoms with van der Waals surface area (Å²) < 4.78 is 0. The molecule has 0 spiro atoms. The van der Waals surface area contributed by atoms with Crippen LogP contribution in [0, 0.1) is 0 Å². The molecule has 0 aliphatic rings. The SMILES string of the molecule is CC(C)NCCCC(=O)Cc1ccnc(N)c1. The third kappa shape index (κ3) is 6.02. The highest BCUT2D eigenvalue weighted by Gasteiger charge is 2.04. The molecule has 4 nitrogen and oxygen atoms in total. The van der Waals surface area contributed by atoms with Gasteiger partial charge in [-0.15, -0.1) is 0 Å². The fourth-order valence-electron chi connectivity index (χ4n) is 1.60. The van der Waals surface area contributed by atoms with Crippen molar-refractivity contribution in [1.82, 2.24) is 10.3 Å². The van der Waals surface area contributed by atoms with Crippen molar-refractivity contribution < 1.29 is 4.79 Å². The molecular weight excluding hydrogens is 214 g/mol. The predicted octanol–water partition coefficient (Wildman–Crippen LogP) is 1.55. The van der Waals surface area contributed by atoms with E-state index in [1.165, 1.54) is 0 Å². The molecule has 17 heavy (non-hydrogen) atoms. The fraction of sp³-hybridized carbons (Fsp3) is 0.538. The van der Waals surface area contributed by atoms with Crippen LogP contribution in [-0.2, 0) is 11.2 Å². The highest BCUT2D eigenvalue weighted by Crippen LogP contribution is 2.06. The normalized spacial score (nSPS) is 10.8. The van der Waals surface area contributed by atoms with Crippen LogP contribution in [0.1, 0.15) is 32.3 Å². The van der Waals surface area contributed by atoms with Crippen LogP contribution >= 0.6 is 0 Å². The first-order valence-corrected chi connectivity index (χ1v) is 6.03. The van der Waals surface area contributed by atoms with Crippen LogP contribution in [0.4, 0.5) is 5.82 Å². The van der Waals surface area contributed by atoms with Crippen LogP contribution < -0.4 is 11.1 Å². The molecule has 1 heterocycles. The third-order valence-corrected chi connectivity index (χ3v) is 2.43. The number of Topliss-reactive ketones (excluding diaryl/α,β-unsaturated/α-hetero) is 1. The Morgan fingerprint density at radius 3 is 2.94 bits per heavy atom. The van der Waals surface area contributed by atoms with Crippen molar-refractivity contribution in [3.05, 3.63) is 23.9 Å². The zero-order valence-corrected chi connectivity index (χ0v) is 10.6. The van der Waals surface area contributed by atoms with Crippen LogP contribution in [0.5, 0.6) is 0 Å². The summed E-state index contributed by atoms with van der Waals surface area (Å²) in [6.45, 7) is 5.09. The van der Waals surface area contributed by atoms with Crippen molar-refractivity contribution >= 4 is 11.6 Å². The van der Waals surface area contributed by atoms with Crippen molar-refractivity contribution in [2.45, 2.75) is 39.2 Å². The number of carbonyl (C=O) groups excluding carboxylic acids is 1. The van der Waals surface area contributed by atoms with Crippen LogP contribution in [0.25, 0.3) is 0 Å². The molecular formula is C13H21N3O. The van der Waals surface area contributed by atoms with Crippen LogP contribution in [0.2, 0.25) is 0 Å². The second kappa shape index (κ2) is 7.01. The van der Waals surface area contributed by atoms with E-state index in [2.05, 4.69) is 24.1 Å². The Kier molecular flexibility index (Phi) is 5.63. The number of rotatable bonds is 7. The van der Waals surface area contributed by atoms with Crippen molar-refractivity contribution in [3.8, 4) is 0 Å². The Morgan fingerprint density at radius 2 is 2.29 bits per heavy atom. The van der Waals surface area contributed by atoms with E-state index in [-0.39, 0.29) is 5.78 Å². The van der Waals surface area contributed by atoms with Gasteiger partial charge in [0.25, 0.3) is 0 Å². The van der Waals surface area contributed by atoms with E-state index in [4.69, 9.17) is 5.73 Å². The molecule has 0 aromatic carbocycles. The average molecular weight is 235 g/mol. The average Bonchev–Trinajstić information content (AvgIpc) is 2.24. The Balaban J connectivity index is 2.25. The van der Waals surface area contributed by atoms with Gasteiger partial charge in [0.15, 0.2) is 0 Å². The Bertz CT molecular complexity index is 363. The smallest absolute Gasteiger partial charge is 0.137 e. The topological polar surface area (TPSA) is 68.0 Å². The summed E-state index contributed by atoms with van der Waals surface area (Å²) in [5, 5.41) is 3.29. The van der Waals surface area contributed by atoms with E-state index < -0.39 is 0 Å². The van der Waals surface area contributed by atoms with E-state index in [1.54, 1.807) is 12.3 Å². The summed E-state index contributed by atoms with van der Waals surface area (Å²) >= 11 is 0. The number of nitrogens with one attached hydrogen (secondary N) is 1. The molecule has 0 amide bonds. The molecule has 0 unspecified atom stereocenters. The summed E-state index contributed by atoms with van der Waals surface area (Å²) in [6, 6.07) is 4.07. The fourth-order valence-corrected chi connectivity index (χ4v) is 1.60. The number of hydrogen-bond acceptors (Lipinski definition) is 4. The maximum absolute atomic E-state index is 11.7. The molecule has 0 fully saturated rings. The summed E-state index contributed by atoms with van der Waals surface area (Å²) in [5.74, 6) is 0.720. The summed E-state index contributed by atoms with van der Waals surface area (Å²) in [6.07, 6.45) is 3.59. The van der Waals surface area contributed by atoms with Crippen molar-refractivity contribution in [2.75, 3.05) is 12.3 Å². The quantitative estimate of drug-likeness (QED) is 0.704. The molecule has 1 rings (SSSR count). The van der Waals surface area contributed by atoms with E-state index in [0.717, 1.165) is 18.5 Å². The Labute approximate surface area is 103 Å². The van der Waals surface area contributed by atoms with Crippen LogP contribution in [0.15, 0.2) is 18.3 Å². The van der Waals surface area contributed by atoms with Gasteiger partial charge >= 0.3 is 0 Å². The number of aromatic nitrogens is 1. The number of anilines is 1. The van der Waals surface area contributed by atoms with Crippen molar-refractivity contribution in [2.24, 2.45) is 0 Å². The Morgan fingerprint density at radius 1 is 1.53 bits per heavy atom. The van der Waals surface area contributed by atoms with Gasteiger partial charge in [0, 0.05) is 25.1 Å². The summed E-state index contributed by atoms with van der Waals surface area (Å²) in [7, 11) is 0. The van der Waals surface area contributed by atoms with Crippen LogP contribution in [-0.4, -0.2) is 23.4 Å². The second-order valence-electron chi connectivity index (χ2n) is 4.52. The number of ketones is 1. The minimum absolute atomic E-state index is 0.251. The van der Waals surface area contributed by atoms with Gasteiger partial charge in [-0.05, 0) is 30.7 Å². The van der Waals surface area contributed by atoms with Gasteiger partial charge in [0.2, 0.25) is 0 Å². The second-order valence-corrected chi connectivity index (χ2v) is 4.52. The summed E-state index contributed by atoms with van der Waals surface area (Å²) in [4.78, 5) is 15.6. The van der Waals surface area contributed by atoms with Crippen molar-refractivity contribution in [3.63, 3.8) is 0 Å². The zero-order valence-electron chi connectivity index (χ0n) is 10.6. The number of pyridine rings is 1. The van der Waals surface area contributed by atoms with Crippen LogP contribution in [0.3, 0.4) is 0 Å². The molecule has 0 aliphatic heterocycles. The number of hydrogen-bond donors (Lipinski definition) is 2. The van der Waals surface area contributed by atoms with E-state index in [9.17, 15) is 4.79 Å². The van der Waals surface area contributed by atoms with Gasteiger partial charge in [0.1, 0.15) is 11.6 Å². The molecule has 0 radical (unpaired) electrons. The first kappa shape index (κ1) is 13.6. The monoisotopic (exact) mass is 235 g/mol. The summed E-state index contributed by atoms with van der Waals surface area (Å²) in [5.41, 5.74) is 6.50. The maximum Gasteiger partial charge on any atom is 0.137 e.